The topological polar surface area (TPSA) is 49.4 Å². The normalized spacial score (nSPS) is 16.4. The van der Waals surface area contributed by atoms with Crippen molar-refractivity contribution in [1.29, 1.82) is 0 Å². The number of rotatable bonds is 8. The van der Waals surface area contributed by atoms with Crippen LogP contribution in [0.1, 0.15) is 68.3 Å². The van der Waals surface area contributed by atoms with Crippen molar-refractivity contribution in [3.8, 4) is 0 Å². The van der Waals surface area contributed by atoms with Crippen molar-refractivity contribution in [3.63, 3.8) is 0 Å². The van der Waals surface area contributed by atoms with E-state index >= 15 is 0 Å². The van der Waals surface area contributed by atoms with Gasteiger partial charge in [-0.3, -0.25) is 9.59 Å². The van der Waals surface area contributed by atoms with Crippen LogP contribution in [0.5, 0.6) is 0 Å². The molecule has 2 aromatic carbocycles. The summed E-state index contributed by atoms with van der Waals surface area (Å²) in [5, 5.41) is 3.01. The van der Waals surface area contributed by atoms with E-state index in [0.717, 1.165) is 43.6 Å². The lowest BCUT2D eigenvalue weighted by molar-refractivity contribution is -0.118. The number of anilines is 1. The Morgan fingerprint density at radius 1 is 1.00 bits per heavy atom. The summed E-state index contributed by atoms with van der Waals surface area (Å²) in [5.41, 5.74) is 3.01. The second kappa shape index (κ2) is 10.5. The van der Waals surface area contributed by atoms with Gasteiger partial charge in [-0.25, -0.2) is 0 Å². The molecule has 1 atom stereocenters. The molecule has 0 radical (unpaired) electrons. The molecule has 160 valence electrons. The number of amides is 1. The Kier molecular flexibility index (Phi) is 7.81. The van der Waals surface area contributed by atoms with E-state index in [9.17, 15) is 9.59 Å². The van der Waals surface area contributed by atoms with Crippen LogP contribution in [0.4, 0.5) is 5.69 Å². The Morgan fingerprint density at radius 3 is 2.37 bits per heavy atom. The third kappa shape index (κ3) is 6.02. The highest BCUT2D eigenvalue weighted by atomic mass is 16.1. The van der Waals surface area contributed by atoms with Crippen molar-refractivity contribution >= 4 is 17.4 Å². The van der Waals surface area contributed by atoms with E-state index in [4.69, 9.17) is 0 Å². The quantitative estimate of drug-likeness (QED) is 0.588. The van der Waals surface area contributed by atoms with Crippen molar-refractivity contribution in [2.24, 2.45) is 5.92 Å². The summed E-state index contributed by atoms with van der Waals surface area (Å²) >= 11 is 0. The number of nitrogens with zero attached hydrogens (tertiary/aromatic N) is 1. The lowest BCUT2D eigenvalue weighted by Gasteiger charge is -2.36. The fourth-order valence-electron chi connectivity index (χ4n) is 4.12. The maximum Gasteiger partial charge on any atom is 0.226 e. The van der Waals surface area contributed by atoms with Gasteiger partial charge in [0.1, 0.15) is 0 Å². The van der Waals surface area contributed by atoms with Gasteiger partial charge in [0.2, 0.25) is 5.91 Å². The van der Waals surface area contributed by atoms with Crippen molar-refractivity contribution in [1.82, 2.24) is 4.90 Å². The van der Waals surface area contributed by atoms with Gasteiger partial charge in [-0.2, -0.15) is 0 Å². The van der Waals surface area contributed by atoms with Gasteiger partial charge in [0.15, 0.2) is 5.78 Å². The third-order valence-electron chi connectivity index (χ3n) is 6.19. The molecule has 1 aliphatic rings. The standard InChI is InChI=1S/C26H34N2O2/c1-19(2)26(30)27-24-11-7-10-23(18-24)21-14-16-28(17-15-21)20(3)12-13-25(29)22-8-5-4-6-9-22/h4-11,18-21H,12-17H2,1-3H3,(H,27,30). The van der Waals surface area contributed by atoms with Crippen LogP contribution in [0.2, 0.25) is 0 Å². The van der Waals surface area contributed by atoms with E-state index in [2.05, 4.69) is 29.3 Å². The van der Waals surface area contributed by atoms with Gasteiger partial charge < -0.3 is 10.2 Å². The summed E-state index contributed by atoms with van der Waals surface area (Å²) in [6.45, 7) is 8.15. The molecule has 1 saturated heterocycles. The van der Waals surface area contributed by atoms with E-state index in [1.165, 1.54) is 5.56 Å². The first-order valence-electron chi connectivity index (χ1n) is 11.2. The second-order valence-electron chi connectivity index (χ2n) is 8.76. The largest absolute Gasteiger partial charge is 0.326 e. The number of carbonyl (C=O) groups is 2. The van der Waals surface area contributed by atoms with Gasteiger partial charge in [0.05, 0.1) is 0 Å². The van der Waals surface area contributed by atoms with Crippen LogP contribution < -0.4 is 5.32 Å². The predicted octanol–water partition coefficient (Wildman–Crippen LogP) is 5.51. The van der Waals surface area contributed by atoms with Gasteiger partial charge in [0.25, 0.3) is 0 Å². The molecule has 4 nitrogen and oxygen atoms in total. The lowest BCUT2D eigenvalue weighted by atomic mass is 9.88. The summed E-state index contributed by atoms with van der Waals surface area (Å²) in [7, 11) is 0. The van der Waals surface area contributed by atoms with E-state index in [1.807, 2.05) is 56.3 Å². The van der Waals surface area contributed by atoms with Crippen LogP contribution in [0.3, 0.4) is 0 Å². The molecule has 1 aliphatic heterocycles. The molecule has 0 saturated carbocycles. The van der Waals surface area contributed by atoms with Crippen LogP contribution in [0, 0.1) is 5.92 Å². The van der Waals surface area contributed by atoms with Gasteiger partial charge in [-0.15, -0.1) is 0 Å². The van der Waals surface area contributed by atoms with Crippen molar-refractivity contribution in [2.45, 2.75) is 58.4 Å². The maximum atomic E-state index is 12.4. The molecule has 1 fully saturated rings. The maximum absolute atomic E-state index is 12.4. The molecule has 0 aromatic heterocycles. The molecule has 30 heavy (non-hydrogen) atoms. The molecule has 1 unspecified atom stereocenters. The number of hydrogen-bond acceptors (Lipinski definition) is 3. The minimum atomic E-state index is -0.0212. The minimum absolute atomic E-state index is 0.0212. The van der Waals surface area contributed by atoms with Crippen LogP contribution in [0.25, 0.3) is 0 Å². The summed E-state index contributed by atoms with van der Waals surface area (Å²) in [5.74, 6) is 0.792. The van der Waals surface area contributed by atoms with Crippen molar-refractivity contribution in [3.05, 3.63) is 65.7 Å². The highest BCUT2D eigenvalue weighted by Crippen LogP contribution is 2.31. The van der Waals surface area contributed by atoms with Crippen LogP contribution >= 0.6 is 0 Å². The summed E-state index contributed by atoms with van der Waals surface area (Å²) in [6, 6.07) is 18.3. The number of benzene rings is 2. The fraction of sp³-hybridized carbons (Fsp3) is 0.462. The Hall–Kier alpha value is -2.46. The number of Topliss-reactive ketones (excluding diaryl/α,β-unsaturated/α-hetero) is 1. The van der Waals surface area contributed by atoms with Crippen molar-refractivity contribution in [2.75, 3.05) is 18.4 Å². The van der Waals surface area contributed by atoms with E-state index < -0.39 is 0 Å². The molecule has 1 heterocycles. The van der Waals surface area contributed by atoms with Gasteiger partial charge in [0, 0.05) is 29.6 Å². The molecular weight excluding hydrogens is 372 g/mol. The monoisotopic (exact) mass is 406 g/mol. The number of hydrogen-bond donors (Lipinski definition) is 1. The average Bonchev–Trinajstić information content (AvgIpc) is 2.78. The fourth-order valence-corrected chi connectivity index (χ4v) is 4.12. The smallest absolute Gasteiger partial charge is 0.226 e. The van der Waals surface area contributed by atoms with E-state index in [-0.39, 0.29) is 17.6 Å². The Balaban J connectivity index is 1.48. The zero-order chi connectivity index (χ0) is 21.5. The number of nitrogens with one attached hydrogen (secondary N) is 1. The summed E-state index contributed by atoms with van der Waals surface area (Å²) in [6.07, 6.45) is 3.72. The first-order valence-corrected chi connectivity index (χ1v) is 11.2. The summed E-state index contributed by atoms with van der Waals surface area (Å²) in [4.78, 5) is 26.9. The molecular formula is C26H34N2O2. The molecule has 2 aromatic rings. The minimum Gasteiger partial charge on any atom is -0.326 e. The molecule has 1 amide bonds. The highest BCUT2D eigenvalue weighted by Gasteiger charge is 2.24. The Labute approximate surface area is 180 Å². The van der Waals surface area contributed by atoms with Crippen LogP contribution in [0.15, 0.2) is 54.6 Å². The van der Waals surface area contributed by atoms with Crippen LogP contribution in [-0.2, 0) is 4.79 Å². The molecule has 0 bridgehead atoms. The predicted molar refractivity (Wildman–Crippen MR) is 123 cm³/mol. The van der Waals surface area contributed by atoms with Crippen LogP contribution in [-0.4, -0.2) is 35.7 Å². The third-order valence-corrected chi connectivity index (χ3v) is 6.19. The zero-order valence-electron chi connectivity index (χ0n) is 18.4. The SMILES string of the molecule is CC(C)C(=O)Nc1cccc(C2CCN(C(C)CCC(=O)c3ccccc3)CC2)c1. The van der Waals surface area contributed by atoms with E-state index in [1.54, 1.807) is 0 Å². The van der Waals surface area contributed by atoms with Gasteiger partial charge in [-0.05, 0) is 62.9 Å². The first kappa shape index (κ1) is 22.2. The lowest BCUT2D eigenvalue weighted by Crippen LogP contribution is -2.39. The zero-order valence-corrected chi connectivity index (χ0v) is 18.4. The Bertz CT molecular complexity index is 839. The molecule has 0 aliphatic carbocycles. The number of piperidine rings is 1. The first-order chi connectivity index (χ1) is 14.4. The van der Waals surface area contributed by atoms with Gasteiger partial charge >= 0.3 is 0 Å². The molecule has 1 N–H and O–H groups in total. The summed E-state index contributed by atoms with van der Waals surface area (Å²) < 4.78 is 0. The van der Waals surface area contributed by atoms with Crippen molar-refractivity contribution < 1.29 is 9.59 Å². The second-order valence-corrected chi connectivity index (χ2v) is 8.76. The number of carbonyl (C=O) groups excluding carboxylic acids is 2. The molecule has 4 heteroatoms. The number of likely N-dealkylation sites (tertiary alicyclic amines) is 1. The van der Waals surface area contributed by atoms with E-state index in [0.29, 0.717) is 18.4 Å². The molecule has 3 rings (SSSR count). The number of ketones is 1. The average molecular weight is 407 g/mol. The highest BCUT2D eigenvalue weighted by molar-refractivity contribution is 5.96. The molecule has 0 spiro atoms. The van der Waals surface area contributed by atoms with Gasteiger partial charge in [-0.1, -0.05) is 56.3 Å². The Morgan fingerprint density at radius 2 is 1.70 bits per heavy atom.